The van der Waals surface area contributed by atoms with E-state index in [1.807, 2.05) is 4.90 Å². The Balaban J connectivity index is 1.90. The Kier molecular flexibility index (Phi) is 4.74. The van der Waals surface area contributed by atoms with E-state index in [2.05, 4.69) is 45.0 Å². The third-order valence-corrected chi connectivity index (χ3v) is 4.44. The number of alkyl halides is 1. The quantitative estimate of drug-likeness (QED) is 0.777. The van der Waals surface area contributed by atoms with Crippen molar-refractivity contribution >= 4 is 17.5 Å². The number of carbonyl (C=O) groups is 1. The van der Waals surface area contributed by atoms with E-state index in [1.54, 1.807) is 0 Å². The van der Waals surface area contributed by atoms with Crippen LogP contribution >= 0.6 is 11.6 Å². The molecule has 110 valence electrons. The average molecular weight is 294 g/mol. The molecule has 1 aromatic rings. The molecule has 1 aromatic carbocycles. The zero-order valence-corrected chi connectivity index (χ0v) is 13.4. The number of rotatable bonds is 4. The van der Waals surface area contributed by atoms with Crippen LogP contribution in [0.25, 0.3) is 0 Å². The van der Waals surface area contributed by atoms with Gasteiger partial charge in [0.05, 0.1) is 0 Å². The molecule has 0 saturated carbocycles. The van der Waals surface area contributed by atoms with Crippen molar-refractivity contribution in [1.29, 1.82) is 0 Å². The molecule has 3 heteroatoms. The number of halogens is 1. The summed E-state index contributed by atoms with van der Waals surface area (Å²) in [5.74, 6) is 1.18. The minimum absolute atomic E-state index is 0.191. The van der Waals surface area contributed by atoms with Crippen LogP contribution in [0.4, 0.5) is 0 Å². The summed E-state index contributed by atoms with van der Waals surface area (Å²) in [7, 11) is 0. The summed E-state index contributed by atoms with van der Waals surface area (Å²) in [6, 6.07) is 8.76. The minimum Gasteiger partial charge on any atom is -0.342 e. The lowest BCUT2D eigenvalue weighted by Crippen LogP contribution is -2.27. The van der Waals surface area contributed by atoms with Gasteiger partial charge in [0.2, 0.25) is 5.91 Å². The van der Waals surface area contributed by atoms with Gasteiger partial charge in [0.25, 0.3) is 0 Å². The first kappa shape index (κ1) is 15.4. The van der Waals surface area contributed by atoms with Crippen LogP contribution in [0.2, 0.25) is 0 Å². The summed E-state index contributed by atoms with van der Waals surface area (Å²) in [6.07, 6.45) is 1.54. The van der Waals surface area contributed by atoms with Gasteiger partial charge in [-0.25, -0.2) is 0 Å². The molecule has 0 aliphatic carbocycles. The average Bonchev–Trinajstić information content (AvgIpc) is 2.76. The van der Waals surface area contributed by atoms with E-state index in [4.69, 9.17) is 11.6 Å². The Labute approximate surface area is 127 Å². The molecule has 1 fully saturated rings. The first-order chi connectivity index (χ1) is 9.40. The normalized spacial score (nSPS) is 19.7. The molecule has 0 radical (unpaired) electrons. The fraction of sp³-hybridized carbons (Fsp3) is 0.588. The Morgan fingerprint density at radius 2 is 1.90 bits per heavy atom. The van der Waals surface area contributed by atoms with E-state index < -0.39 is 0 Å². The van der Waals surface area contributed by atoms with Crippen molar-refractivity contribution in [3.05, 3.63) is 35.4 Å². The van der Waals surface area contributed by atoms with E-state index >= 15 is 0 Å². The molecule has 0 spiro atoms. The summed E-state index contributed by atoms with van der Waals surface area (Å²) in [5, 5.41) is 0. The number of benzene rings is 1. The van der Waals surface area contributed by atoms with Gasteiger partial charge in [0.15, 0.2) is 0 Å². The maximum atomic E-state index is 11.8. The second kappa shape index (κ2) is 6.17. The van der Waals surface area contributed by atoms with Gasteiger partial charge >= 0.3 is 0 Å². The maximum Gasteiger partial charge on any atom is 0.222 e. The molecule has 20 heavy (non-hydrogen) atoms. The Bertz CT molecular complexity index is 461. The van der Waals surface area contributed by atoms with Gasteiger partial charge in [0, 0.05) is 25.4 Å². The van der Waals surface area contributed by atoms with Crippen molar-refractivity contribution < 1.29 is 4.79 Å². The first-order valence-electron chi connectivity index (χ1n) is 7.33. The third-order valence-electron chi connectivity index (χ3n) is 4.00. The van der Waals surface area contributed by atoms with Crippen molar-refractivity contribution in [2.45, 2.75) is 39.0 Å². The zero-order chi connectivity index (χ0) is 14.8. The molecular weight excluding hydrogens is 270 g/mol. The molecule has 2 nitrogen and oxygen atoms in total. The van der Waals surface area contributed by atoms with Crippen molar-refractivity contribution in [2.75, 3.05) is 19.0 Å². The van der Waals surface area contributed by atoms with E-state index in [0.29, 0.717) is 18.2 Å². The predicted molar refractivity (Wildman–Crippen MR) is 84.3 cm³/mol. The summed E-state index contributed by atoms with van der Waals surface area (Å²) < 4.78 is 0. The fourth-order valence-electron chi connectivity index (χ4n) is 2.61. The standard InChI is InChI=1S/C17H24ClNO/c1-17(2,3)15-6-4-13(5-7-15)8-9-19-12-14(11-18)10-16(19)20/h4-7,14H,8-12H2,1-3H3. The minimum atomic E-state index is 0.191. The molecule has 1 heterocycles. The van der Waals surface area contributed by atoms with Crippen LogP contribution in [0.3, 0.4) is 0 Å². The molecule has 1 atom stereocenters. The largest absolute Gasteiger partial charge is 0.342 e. The summed E-state index contributed by atoms with van der Waals surface area (Å²) in [5.41, 5.74) is 2.83. The number of carbonyl (C=O) groups excluding carboxylic acids is 1. The zero-order valence-electron chi connectivity index (χ0n) is 12.7. The lowest BCUT2D eigenvalue weighted by Gasteiger charge is -2.20. The highest BCUT2D eigenvalue weighted by Crippen LogP contribution is 2.23. The fourth-order valence-corrected chi connectivity index (χ4v) is 2.82. The lowest BCUT2D eigenvalue weighted by atomic mass is 9.86. The predicted octanol–water partition coefficient (Wildman–Crippen LogP) is 3.61. The van der Waals surface area contributed by atoms with Gasteiger partial charge in [0.1, 0.15) is 0 Å². The molecule has 1 saturated heterocycles. The topological polar surface area (TPSA) is 20.3 Å². The third kappa shape index (κ3) is 3.76. The molecule has 0 N–H and O–H groups in total. The molecule has 1 unspecified atom stereocenters. The highest BCUT2D eigenvalue weighted by atomic mass is 35.5. The summed E-state index contributed by atoms with van der Waals surface area (Å²) in [4.78, 5) is 13.8. The van der Waals surface area contributed by atoms with Crippen LogP contribution in [0.1, 0.15) is 38.3 Å². The molecular formula is C17H24ClNO. The van der Waals surface area contributed by atoms with Crippen LogP contribution in [0, 0.1) is 5.92 Å². The van der Waals surface area contributed by atoms with Crippen molar-refractivity contribution in [3.63, 3.8) is 0 Å². The van der Waals surface area contributed by atoms with Crippen molar-refractivity contribution in [2.24, 2.45) is 5.92 Å². The Hall–Kier alpha value is -1.02. The van der Waals surface area contributed by atoms with Crippen molar-refractivity contribution in [1.82, 2.24) is 4.90 Å². The maximum absolute atomic E-state index is 11.8. The SMILES string of the molecule is CC(C)(C)c1ccc(CCN2CC(CCl)CC2=O)cc1. The second-order valence-corrected chi connectivity index (χ2v) is 7.07. The van der Waals surface area contributed by atoms with E-state index in [0.717, 1.165) is 19.5 Å². The van der Waals surface area contributed by atoms with Crippen LogP contribution in [-0.2, 0) is 16.6 Å². The second-order valence-electron chi connectivity index (χ2n) is 6.76. The van der Waals surface area contributed by atoms with E-state index in [9.17, 15) is 4.79 Å². The molecule has 0 aromatic heterocycles. The molecule has 1 aliphatic rings. The number of nitrogens with zero attached hydrogens (tertiary/aromatic N) is 1. The van der Waals surface area contributed by atoms with Gasteiger partial charge in [-0.05, 0) is 28.9 Å². The number of amides is 1. The molecule has 2 rings (SSSR count). The molecule has 0 bridgehead atoms. The van der Waals surface area contributed by atoms with Gasteiger partial charge < -0.3 is 4.90 Å². The Morgan fingerprint density at radius 3 is 2.40 bits per heavy atom. The van der Waals surface area contributed by atoms with Crippen LogP contribution < -0.4 is 0 Å². The Morgan fingerprint density at radius 1 is 1.25 bits per heavy atom. The lowest BCUT2D eigenvalue weighted by molar-refractivity contribution is -0.127. The van der Waals surface area contributed by atoms with E-state index in [-0.39, 0.29) is 11.3 Å². The highest BCUT2D eigenvalue weighted by molar-refractivity contribution is 6.18. The van der Waals surface area contributed by atoms with Gasteiger partial charge in [-0.1, -0.05) is 45.0 Å². The van der Waals surface area contributed by atoms with Gasteiger partial charge in [-0.2, -0.15) is 0 Å². The smallest absolute Gasteiger partial charge is 0.222 e. The van der Waals surface area contributed by atoms with Crippen LogP contribution in [0.15, 0.2) is 24.3 Å². The highest BCUT2D eigenvalue weighted by Gasteiger charge is 2.28. The van der Waals surface area contributed by atoms with Gasteiger partial charge in [-0.3, -0.25) is 4.79 Å². The van der Waals surface area contributed by atoms with Crippen LogP contribution in [-0.4, -0.2) is 29.8 Å². The van der Waals surface area contributed by atoms with Crippen molar-refractivity contribution in [3.8, 4) is 0 Å². The molecule has 1 amide bonds. The molecule has 1 aliphatic heterocycles. The summed E-state index contributed by atoms with van der Waals surface area (Å²) in [6.45, 7) is 8.29. The summed E-state index contributed by atoms with van der Waals surface area (Å²) >= 11 is 5.84. The van der Waals surface area contributed by atoms with Crippen LogP contribution in [0.5, 0.6) is 0 Å². The number of hydrogen-bond donors (Lipinski definition) is 0. The van der Waals surface area contributed by atoms with Gasteiger partial charge in [-0.15, -0.1) is 11.6 Å². The number of likely N-dealkylation sites (tertiary alicyclic amines) is 1. The number of hydrogen-bond acceptors (Lipinski definition) is 1. The monoisotopic (exact) mass is 293 g/mol. The van der Waals surface area contributed by atoms with E-state index in [1.165, 1.54) is 11.1 Å². The first-order valence-corrected chi connectivity index (χ1v) is 7.87.